The zero-order valence-corrected chi connectivity index (χ0v) is 13.7. The summed E-state index contributed by atoms with van der Waals surface area (Å²) in [6.45, 7) is 5.55. The average Bonchev–Trinajstić information content (AvgIpc) is 2.44. The van der Waals surface area contributed by atoms with Crippen molar-refractivity contribution in [1.29, 1.82) is 0 Å². The summed E-state index contributed by atoms with van der Waals surface area (Å²) >= 11 is 0. The molecule has 0 saturated carbocycles. The van der Waals surface area contributed by atoms with Crippen LogP contribution in [0.2, 0.25) is 0 Å². The van der Waals surface area contributed by atoms with E-state index >= 15 is 0 Å². The number of carbonyl (C=O) groups excluding carboxylic acids is 1. The Morgan fingerprint density at radius 1 is 1.29 bits per heavy atom. The molecule has 0 fully saturated rings. The number of amides is 1. The highest BCUT2D eigenvalue weighted by Crippen LogP contribution is 2.14. The number of aliphatic hydroxyl groups is 1. The van der Waals surface area contributed by atoms with Crippen LogP contribution in [0.3, 0.4) is 0 Å². The fourth-order valence-corrected chi connectivity index (χ4v) is 2.28. The monoisotopic (exact) mass is 314 g/mol. The van der Waals surface area contributed by atoms with E-state index in [1.165, 1.54) is 0 Å². The number of rotatable bonds is 8. The maximum Gasteiger partial charge on any atom is 0.251 e. The number of aliphatic hydroxyl groups excluding tert-OH is 1. The molecule has 1 atom stereocenters. The molecule has 0 bridgehead atoms. The van der Waals surface area contributed by atoms with Crippen LogP contribution in [0.1, 0.15) is 42.6 Å². The number of nitrogens with one attached hydrogen (secondary N) is 1. The zero-order valence-electron chi connectivity index (χ0n) is 12.8. The molecule has 4 nitrogen and oxygen atoms in total. The number of benzene rings is 1. The van der Waals surface area contributed by atoms with Crippen LogP contribution in [-0.4, -0.2) is 24.2 Å². The molecule has 0 saturated heterocycles. The van der Waals surface area contributed by atoms with Crippen LogP contribution in [0.4, 0.5) is 0 Å². The standard InChI is InChI=1S/C16H26N2O2.ClH/c1-12(2)9-14(7-8-19)11-18-16(20)15-5-3-13(10-17)4-6-15;/h3-6,12,14,19H,7-11,17H2,1-2H3,(H,18,20);1H. The summed E-state index contributed by atoms with van der Waals surface area (Å²) in [4.78, 5) is 12.0. The Morgan fingerprint density at radius 2 is 1.90 bits per heavy atom. The van der Waals surface area contributed by atoms with Crippen molar-refractivity contribution in [2.75, 3.05) is 13.2 Å². The van der Waals surface area contributed by atoms with Gasteiger partial charge in [-0.1, -0.05) is 26.0 Å². The largest absolute Gasteiger partial charge is 0.396 e. The number of halogens is 1. The van der Waals surface area contributed by atoms with E-state index in [4.69, 9.17) is 10.8 Å². The van der Waals surface area contributed by atoms with E-state index in [0.717, 1.165) is 18.4 Å². The molecule has 1 rings (SSSR count). The fourth-order valence-electron chi connectivity index (χ4n) is 2.28. The smallest absolute Gasteiger partial charge is 0.251 e. The Morgan fingerprint density at radius 3 is 2.38 bits per heavy atom. The molecule has 0 radical (unpaired) electrons. The summed E-state index contributed by atoms with van der Waals surface area (Å²) < 4.78 is 0. The minimum absolute atomic E-state index is 0. The first-order chi connectivity index (χ1) is 9.56. The van der Waals surface area contributed by atoms with Gasteiger partial charge in [-0.25, -0.2) is 0 Å². The van der Waals surface area contributed by atoms with E-state index in [0.29, 0.717) is 30.5 Å². The number of hydrogen-bond donors (Lipinski definition) is 3. The summed E-state index contributed by atoms with van der Waals surface area (Å²) in [7, 11) is 0. The number of nitrogens with two attached hydrogens (primary N) is 1. The van der Waals surface area contributed by atoms with Crippen molar-refractivity contribution < 1.29 is 9.90 Å². The second kappa shape index (κ2) is 10.6. The second-order valence-corrected chi connectivity index (χ2v) is 5.62. The van der Waals surface area contributed by atoms with E-state index < -0.39 is 0 Å². The fraction of sp³-hybridized carbons (Fsp3) is 0.562. The lowest BCUT2D eigenvalue weighted by atomic mass is 9.94. The van der Waals surface area contributed by atoms with E-state index in [2.05, 4.69) is 19.2 Å². The van der Waals surface area contributed by atoms with Gasteiger partial charge in [-0.3, -0.25) is 4.79 Å². The van der Waals surface area contributed by atoms with E-state index in [1.807, 2.05) is 12.1 Å². The Balaban J connectivity index is 0.00000400. The topological polar surface area (TPSA) is 75.3 Å². The molecule has 120 valence electrons. The highest BCUT2D eigenvalue weighted by molar-refractivity contribution is 5.94. The van der Waals surface area contributed by atoms with Gasteiger partial charge in [0, 0.05) is 25.3 Å². The van der Waals surface area contributed by atoms with Gasteiger partial charge in [-0.15, -0.1) is 12.4 Å². The van der Waals surface area contributed by atoms with Gasteiger partial charge < -0.3 is 16.2 Å². The molecule has 4 N–H and O–H groups in total. The predicted octanol–water partition coefficient (Wildman–Crippen LogP) is 2.34. The van der Waals surface area contributed by atoms with Crippen LogP contribution in [0.5, 0.6) is 0 Å². The maximum absolute atomic E-state index is 12.0. The van der Waals surface area contributed by atoms with Crippen LogP contribution >= 0.6 is 12.4 Å². The van der Waals surface area contributed by atoms with E-state index in [1.54, 1.807) is 12.1 Å². The van der Waals surface area contributed by atoms with Crippen LogP contribution in [-0.2, 0) is 6.54 Å². The van der Waals surface area contributed by atoms with E-state index in [9.17, 15) is 4.79 Å². The average molecular weight is 315 g/mol. The van der Waals surface area contributed by atoms with Crippen molar-refractivity contribution in [2.24, 2.45) is 17.6 Å². The Hall–Kier alpha value is -1.10. The van der Waals surface area contributed by atoms with Crippen molar-refractivity contribution in [2.45, 2.75) is 33.2 Å². The summed E-state index contributed by atoms with van der Waals surface area (Å²) in [5.41, 5.74) is 7.19. The van der Waals surface area contributed by atoms with Gasteiger partial charge in [-0.05, 0) is 42.4 Å². The van der Waals surface area contributed by atoms with Crippen molar-refractivity contribution in [3.8, 4) is 0 Å². The van der Waals surface area contributed by atoms with Crippen LogP contribution in [0.15, 0.2) is 24.3 Å². The predicted molar refractivity (Wildman–Crippen MR) is 88.6 cm³/mol. The number of carbonyl (C=O) groups is 1. The lowest BCUT2D eigenvalue weighted by Crippen LogP contribution is -2.30. The van der Waals surface area contributed by atoms with Gasteiger partial charge in [0.25, 0.3) is 5.91 Å². The molecule has 1 unspecified atom stereocenters. The van der Waals surface area contributed by atoms with Crippen LogP contribution in [0, 0.1) is 11.8 Å². The van der Waals surface area contributed by atoms with Crippen LogP contribution < -0.4 is 11.1 Å². The summed E-state index contributed by atoms with van der Waals surface area (Å²) in [6.07, 6.45) is 1.73. The van der Waals surface area contributed by atoms with Crippen molar-refractivity contribution in [3.63, 3.8) is 0 Å². The van der Waals surface area contributed by atoms with Crippen molar-refractivity contribution in [3.05, 3.63) is 35.4 Å². The van der Waals surface area contributed by atoms with Gasteiger partial charge in [0.2, 0.25) is 0 Å². The van der Waals surface area contributed by atoms with Gasteiger partial charge >= 0.3 is 0 Å². The minimum atomic E-state index is -0.0692. The third-order valence-corrected chi connectivity index (χ3v) is 3.35. The quantitative estimate of drug-likeness (QED) is 0.689. The first-order valence-electron chi connectivity index (χ1n) is 7.24. The molecule has 1 aromatic carbocycles. The minimum Gasteiger partial charge on any atom is -0.396 e. The first kappa shape index (κ1) is 19.9. The molecule has 0 heterocycles. The normalized spacial score (nSPS) is 11.9. The third-order valence-electron chi connectivity index (χ3n) is 3.35. The van der Waals surface area contributed by atoms with Gasteiger partial charge in [0.15, 0.2) is 0 Å². The summed E-state index contributed by atoms with van der Waals surface area (Å²) in [6, 6.07) is 7.32. The molecule has 0 aliphatic carbocycles. The third kappa shape index (κ3) is 7.46. The van der Waals surface area contributed by atoms with Gasteiger partial charge in [-0.2, -0.15) is 0 Å². The van der Waals surface area contributed by atoms with Crippen molar-refractivity contribution in [1.82, 2.24) is 5.32 Å². The second-order valence-electron chi connectivity index (χ2n) is 5.62. The zero-order chi connectivity index (χ0) is 15.0. The summed E-state index contributed by atoms with van der Waals surface area (Å²) in [5, 5.41) is 12.0. The Labute approximate surface area is 133 Å². The molecule has 0 aliphatic rings. The lowest BCUT2D eigenvalue weighted by Gasteiger charge is -2.18. The molecular weight excluding hydrogens is 288 g/mol. The Kier molecular flexibility index (Phi) is 10.0. The van der Waals surface area contributed by atoms with Gasteiger partial charge in [0.05, 0.1) is 0 Å². The van der Waals surface area contributed by atoms with Crippen LogP contribution in [0.25, 0.3) is 0 Å². The molecule has 0 spiro atoms. The maximum atomic E-state index is 12.0. The van der Waals surface area contributed by atoms with E-state index in [-0.39, 0.29) is 24.9 Å². The highest BCUT2D eigenvalue weighted by atomic mass is 35.5. The SMILES string of the molecule is CC(C)CC(CCO)CNC(=O)c1ccc(CN)cc1.Cl. The first-order valence-corrected chi connectivity index (χ1v) is 7.24. The van der Waals surface area contributed by atoms with Crippen molar-refractivity contribution >= 4 is 18.3 Å². The molecule has 5 heteroatoms. The highest BCUT2D eigenvalue weighted by Gasteiger charge is 2.13. The molecule has 21 heavy (non-hydrogen) atoms. The lowest BCUT2D eigenvalue weighted by molar-refractivity contribution is 0.0941. The molecule has 1 amide bonds. The molecule has 0 aromatic heterocycles. The molecule has 1 aromatic rings. The molecule has 0 aliphatic heterocycles. The number of hydrogen-bond acceptors (Lipinski definition) is 3. The molecular formula is C16H27ClN2O2. The van der Waals surface area contributed by atoms with Gasteiger partial charge in [0.1, 0.15) is 0 Å². The Bertz CT molecular complexity index is 407. The summed E-state index contributed by atoms with van der Waals surface area (Å²) in [5.74, 6) is 0.819.